The Kier molecular flexibility index (Phi) is 3.64. The zero-order valence-electron chi connectivity index (χ0n) is 13.1. The van der Waals surface area contributed by atoms with Crippen molar-refractivity contribution in [1.29, 1.82) is 0 Å². The van der Waals surface area contributed by atoms with Crippen LogP contribution in [0.1, 0.15) is 56.7 Å². The number of benzene rings is 1. The molecule has 0 bridgehead atoms. The minimum absolute atomic E-state index is 0.311. The molecule has 1 aromatic carbocycles. The fourth-order valence-electron chi connectivity index (χ4n) is 4.02. The third-order valence-electron chi connectivity index (χ3n) is 5.51. The fraction of sp³-hybridized carbons (Fsp3) is 0.667. The van der Waals surface area contributed by atoms with Gasteiger partial charge in [-0.25, -0.2) is 0 Å². The molecule has 2 unspecified atom stereocenters. The van der Waals surface area contributed by atoms with Gasteiger partial charge in [0.2, 0.25) is 0 Å². The van der Waals surface area contributed by atoms with E-state index in [0.717, 1.165) is 12.5 Å². The van der Waals surface area contributed by atoms with E-state index >= 15 is 0 Å². The smallest absolute Gasteiger partial charge is 0.0351 e. The van der Waals surface area contributed by atoms with E-state index < -0.39 is 0 Å². The molecule has 2 heteroatoms. The van der Waals surface area contributed by atoms with Crippen molar-refractivity contribution in [3.8, 4) is 0 Å². The Morgan fingerprint density at radius 2 is 1.95 bits per heavy atom. The summed E-state index contributed by atoms with van der Waals surface area (Å²) in [5, 5.41) is 0. The Morgan fingerprint density at radius 3 is 2.60 bits per heavy atom. The van der Waals surface area contributed by atoms with Crippen molar-refractivity contribution in [3.05, 3.63) is 35.4 Å². The maximum Gasteiger partial charge on any atom is 0.0351 e. The van der Waals surface area contributed by atoms with Gasteiger partial charge in [0.25, 0.3) is 0 Å². The van der Waals surface area contributed by atoms with Gasteiger partial charge < -0.3 is 5.73 Å². The molecule has 0 spiro atoms. The molecule has 0 saturated heterocycles. The molecule has 110 valence electrons. The first-order valence-corrected chi connectivity index (χ1v) is 8.06. The summed E-state index contributed by atoms with van der Waals surface area (Å²) in [7, 11) is 2.29. The Labute approximate surface area is 123 Å². The summed E-state index contributed by atoms with van der Waals surface area (Å²) in [5.41, 5.74) is 9.43. The minimum atomic E-state index is 0.311. The van der Waals surface area contributed by atoms with E-state index in [0.29, 0.717) is 17.5 Å². The molecule has 1 fully saturated rings. The second-order valence-corrected chi connectivity index (χ2v) is 7.33. The first-order chi connectivity index (χ1) is 9.54. The molecule has 0 radical (unpaired) electrons. The van der Waals surface area contributed by atoms with Gasteiger partial charge in [-0.3, -0.25) is 4.90 Å². The number of rotatable bonds is 4. The summed E-state index contributed by atoms with van der Waals surface area (Å²) in [6, 6.07) is 10.1. The number of hydrogen-bond donors (Lipinski definition) is 1. The van der Waals surface area contributed by atoms with Crippen LogP contribution in [0.3, 0.4) is 0 Å². The molecule has 2 aliphatic rings. The Hall–Kier alpha value is -0.860. The maximum absolute atomic E-state index is 6.05. The van der Waals surface area contributed by atoms with Crippen LogP contribution in [0.5, 0.6) is 0 Å². The predicted molar refractivity (Wildman–Crippen MR) is 84.8 cm³/mol. The lowest BCUT2D eigenvalue weighted by Crippen LogP contribution is -2.44. The van der Waals surface area contributed by atoms with E-state index in [4.69, 9.17) is 5.73 Å². The zero-order chi connectivity index (χ0) is 14.3. The summed E-state index contributed by atoms with van der Waals surface area (Å²) in [4.78, 5) is 2.58. The van der Waals surface area contributed by atoms with Gasteiger partial charge in [-0.1, -0.05) is 38.1 Å². The molecular formula is C18H28N2. The van der Waals surface area contributed by atoms with E-state index in [-0.39, 0.29) is 0 Å². The van der Waals surface area contributed by atoms with Crippen LogP contribution in [-0.4, -0.2) is 24.5 Å². The van der Waals surface area contributed by atoms with E-state index in [2.05, 4.69) is 50.1 Å². The third-order valence-corrected chi connectivity index (χ3v) is 5.51. The molecule has 0 heterocycles. The number of likely N-dealkylation sites (N-methyl/N-ethyl adjacent to an activating group) is 1. The van der Waals surface area contributed by atoms with E-state index in [1.807, 2.05) is 0 Å². The zero-order valence-corrected chi connectivity index (χ0v) is 13.1. The molecule has 2 nitrogen and oxygen atoms in total. The van der Waals surface area contributed by atoms with E-state index in [1.165, 1.54) is 36.8 Å². The summed E-state index contributed by atoms with van der Waals surface area (Å²) >= 11 is 0. The van der Waals surface area contributed by atoms with Crippen LogP contribution < -0.4 is 5.73 Å². The normalized spacial score (nSPS) is 26.4. The minimum Gasteiger partial charge on any atom is -0.329 e. The summed E-state index contributed by atoms with van der Waals surface area (Å²) in [6.45, 7) is 5.55. The van der Waals surface area contributed by atoms with Gasteiger partial charge in [0.1, 0.15) is 0 Å². The first kappa shape index (κ1) is 14.1. The largest absolute Gasteiger partial charge is 0.329 e. The molecule has 3 rings (SSSR count). The van der Waals surface area contributed by atoms with Gasteiger partial charge in [-0.05, 0) is 55.2 Å². The van der Waals surface area contributed by atoms with Gasteiger partial charge in [0, 0.05) is 18.6 Å². The van der Waals surface area contributed by atoms with Gasteiger partial charge >= 0.3 is 0 Å². The van der Waals surface area contributed by atoms with Crippen molar-refractivity contribution in [1.82, 2.24) is 4.90 Å². The Morgan fingerprint density at radius 1 is 1.25 bits per heavy atom. The summed E-state index contributed by atoms with van der Waals surface area (Å²) < 4.78 is 0. The van der Waals surface area contributed by atoms with Crippen LogP contribution in [0.25, 0.3) is 0 Å². The van der Waals surface area contributed by atoms with Crippen LogP contribution in [0.2, 0.25) is 0 Å². The molecule has 0 aromatic heterocycles. The number of hydrogen-bond acceptors (Lipinski definition) is 2. The lowest BCUT2D eigenvalue weighted by atomic mass is 9.70. The Balaban J connectivity index is 1.91. The van der Waals surface area contributed by atoms with Gasteiger partial charge in [-0.2, -0.15) is 0 Å². The molecule has 0 aliphatic heterocycles. The Bertz CT molecular complexity index is 476. The van der Waals surface area contributed by atoms with Gasteiger partial charge in [0.05, 0.1) is 0 Å². The lowest BCUT2D eigenvalue weighted by molar-refractivity contribution is 0.133. The van der Waals surface area contributed by atoms with Crippen LogP contribution in [0, 0.1) is 5.92 Å². The first-order valence-electron chi connectivity index (χ1n) is 8.06. The number of nitrogens with two attached hydrogens (primary N) is 1. The molecule has 2 N–H and O–H groups in total. The second-order valence-electron chi connectivity index (χ2n) is 7.33. The average Bonchev–Trinajstić information content (AvgIpc) is 3.24. The molecular weight excluding hydrogens is 244 g/mol. The highest BCUT2D eigenvalue weighted by Crippen LogP contribution is 2.45. The predicted octanol–water partition coefficient (Wildman–Crippen LogP) is 3.47. The highest BCUT2D eigenvalue weighted by atomic mass is 15.2. The molecule has 20 heavy (non-hydrogen) atoms. The summed E-state index contributed by atoms with van der Waals surface area (Å²) in [6.07, 6.45) is 5.25. The van der Waals surface area contributed by atoms with Crippen molar-refractivity contribution < 1.29 is 0 Å². The number of fused-ring (bicyclic) bond motifs is 1. The molecule has 2 aliphatic carbocycles. The highest BCUT2D eigenvalue weighted by Gasteiger charge is 2.39. The van der Waals surface area contributed by atoms with Crippen molar-refractivity contribution in [2.75, 3.05) is 13.6 Å². The monoisotopic (exact) mass is 272 g/mol. The number of nitrogens with zero attached hydrogens (tertiary/aromatic N) is 1. The van der Waals surface area contributed by atoms with Crippen molar-refractivity contribution in [3.63, 3.8) is 0 Å². The summed E-state index contributed by atoms with van der Waals surface area (Å²) in [5.74, 6) is 0.840. The van der Waals surface area contributed by atoms with Crippen molar-refractivity contribution in [2.24, 2.45) is 11.7 Å². The van der Waals surface area contributed by atoms with E-state index in [9.17, 15) is 0 Å². The van der Waals surface area contributed by atoms with Crippen molar-refractivity contribution >= 4 is 0 Å². The highest BCUT2D eigenvalue weighted by molar-refractivity contribution is 5.38. The quantitative estimate of drug-likeness (QED) is 0.909. The van der Waals surface area contributed by atoms with Gasteiger partial charge in [0.15, 0.2) is 0 Å². The van der Waals surface area contributed by atoms with Gasteiger partial charge in [-0.15, -0.1) is 0 Å². The molecule has 2 atom stereocenters. The molecule has 1 aromatic rings. The molecule has 0 amide bonds. The van der Waals surface area contributed by atoms with Crippen molar-refractivity contribution in [2.45, 2.75) is 57.0 Å². The standard InChI is InChI=1S/C18H28N2/c1-18(2)11-10-16(14-6-4-5-7-15(14)18)20(3)17(12-19)13-8-9-13/h4-7,13,16-17H,8-12,19H2,1-3H3. The fourth-order valence-corrected chi connectivity index (χ4v) is 4.02. The van der Waals surface area contributed by atoms with Crippen LogP contribution in [0.4, 0.5) is 0 Å². The average molecular weight is 272 g/mol. The lowest BCUT2D eigenvalue weighted by Gasteiger charge is -2.43. The van der Waals surface area contributed by atoms with Crippen LogP contribution in [-0.2, 0) is 5.41 Å². The second kappa shape index (κ2) is 5.16. The topological polar surface area (TPSA) is 29.3 Å². The van der Waals surface area contributed by atoms with E-state index in [1.54, 1.807) is 0 Å². The van der Waals surface area contributed by atoms with Crippen LogP contribution >= 0.6 is 0 Å². The molecule has 1 saturated carbocycles. The van der Waals surface area contributed by atoms with Crippen LogP contribution in [0.15, 0.2) is 24.3 Å². The third kappa shape index (κ3) is 2.40. The SMILES string of the molecule is CN(C1CCC(C)(C)c2ccccc21)C(CN)C1CC1. The maximum atomic E-state index is 6.05.